The Morgan fingerprint density at radius 2 is 2.04 bits per heavy atom. The second-order valence-corrected chi connectivity index (χ2v) is 6.59. The lowest BCUT2D eigenvalue weighted by atomic mass is 9.81. The molecule has 1 aromatic carbocycles. The molecule has 1 fully saturated rings. The summed E-state index contributed by atoms with van der Waals surface area (Å²) in [5.41, 5.74) is 9.77. The van der Waals surface area contributed by atoms with Gasteiger partial charge in [-0.2, -0.15) is 0 Å². The fourth-order valence-electron chi connectivity index (χ4n) is 3.94. The SMILES string of the molecule is CC[C@H]1[C@H](C)[C@@H](N)c2cc(N3CCOCC3)ccc2N1C(C)=O. The van der Waals surface area contributed by atoms with Crippen LogP contribution >= 0.6 is 0 Å². The van der Waals surface area contributed by atoms with Crippen molar-refractivity contribution in [1.82, 2.24) is 0 Å². The number of fused-ring (bicyclic) bond motifs is 1. The van der Waals surface area contributed by atoms with E-state index in [0.717, 1.165) is 44.0 Å². The van der Waals surface area contributed by atoms with Crippen LogP contribution in [0, 0.1) is 5.92 Å². The Morgan fingerprint density at radius 3 is 2.65 bits per heavy atom. The van der Waals surface area contributed by atoms with Gasteiger partial charge in [-0.15, -0.1) is 0 Å². The predicted octanol–water partition coefficient (Wildman–Crippen LogP) is 2.30. The molecule has 0 aromatic heterocycles. The molecule has 0 radical (unpaired) electrons. The zero-order valence-electron chi connectivity index (χ0n) is 14.3. The number of anilines is 2. The van der Waals surface area contributed by atoms with E-state index < -0.39 is 0 Å². The molecule has 0 bridgehead atoms. The minimum atomic E-state index is -0.0356. The van der Waals surface area contributed by atoms with Crippen LogP contribution in [-0.4, -0.2) is 38.3 Å². The van der Waals surface area contributed by atoms with Crippen molar-refractivity contribution in [2.75, 3.05) is 36.1 Å². The average Bonchev–Trinajstić information content (AvgIpc) is 2.58. The van der Waals surface area contributed by atoms with E-state index in [-0.39, 0.29) is 23.9 Å². The first-order valence-corrected chi connectivity index (χ1v) is 8.56. The molecule has 23 heavy (non-hydrogen) atoms. The molecule has 2 N–H and O–H groups in total. The molecular formula is C18H27N3O2. The van der Waals surface area contributed by atoms with Crippen LogP contribution in [0.3, 0.4) is 0 Å². The number of carbonyl (C=O) groups excluding carboxylic acids is 1. The van der Waals surface area contributed by atoms with E-state index in [1.807, 2.05) is 4.90 Å². The number of ether oxygens (including phenoxy) is 1. The largest absolute Gasteiger partial charge is 0.378 e. The maximum absolute atomic E-state index is 12.2. The Hall–Kier alpha value is -1.59. The summed E-state index contributed by atoms with van der Waals surface area (Å²) in [6.07, 6.45) is 0.916. The number of benzene rings is 1. The summed E-state index contributed by atoms with van der Waals surface area (Å²) in [4.78, 5) is 16.5. The monoisotopic (exact) mass is 317 g/mol. The fourth-order valence-corrected chi connectivity index (χ4v) is 3.94. The molecule has 2 heterocycles. The van der Waals surface area contributed by atoms with E-state index in [9.17, 15) is 4.79 Å². The third-order valence-electron chi connectivity index (χ3n) is 5.27. The Labute approximate surface area is 138 Å². The second kappa shape index (κ2) is 6.49. The normalized spacial score (nSPS) is 27.7. The van der Waals surface area contributed by atoms with Crippen molar-refractivity contribution < 1.29 is 9.53 Å². The van der Waals surface area contributed by atoms with Gasteiger partial charge >= 0.3 is 0 Å². The molecule has 2 aliphatic rings. The lowest BCUT2D eigenvalue weighted by Crippen LogP contribution is -2.50. The fraction of sp³-hybridized carbons (Fsp3) is 0.611. The van der Waals surface area contributed by atoms with Crippen LogP contribution in [0.15, 0.2) is 18.2 Å². The van der Waals surface area contributed by atoms with Crippen molar-refractivity contribution in [2.45, 2.75) is 39.3 Å². The smallest absolute Gasteiger partial charge is 0.224 e. The van der Waals surface area contributed by atoms with Crippen molar-refractivity contribution in [3.8, 4) is 0 Å². The van der Waals surface area contributed by atoms with Crippen LogP contribution < -0.4 is 15.5 Å². The lowest BCUT2D eigenvalue weighted by molar-refractivity contribution is -0.117. The zero-order valence-corrected chi connectivity index (χ0v) is 14.3. The Balaban J connectivity index is 2.01. The molecule has 1 amide bonds. The molecule has 5 heteroatoms. The Kier molecular flexibility index (Phi) is 4.60. The molecule has 0 unspecified atom stereocenters. The van der Waals surface area contributed by atoms with Crippen molar-refractivity contribution in [3.05, 3.63) is 23.8 Å². The molecule has 3 rings (SSSR count). The molecular weight excluding hydrogens is 290 g/mol. The summed E-state index contributed by atoms with van der Waals surface area (Å²) in [7, 11) is 0. The Bertz CT molecular complexity index is 584. The third kappa shape index (κ3) is 2.83. The van der Waals surface area contributed by atoms with E-state index in [0.29, 0.717) is 0 Å². The molecule has 2 aliphatic heterocycles. The summed E-state index contributed by atoms with van der Waals surface area (Å²) >= 11 is 0. The lowest BCUT2D eigenvalue weighted by Gasteiger charge is -2.44. The van der Waals surface area contributed by atoms with Gasteiger partial charge in [0.1, 0.15) is 0 Å². The van der Waals surface area contributed by atoms with Gasteiger partial charge in [-0.3, -0.25) is 4.79 Å². The first kappa shape index (κ1) is 16.3. The zero-order chi connectivity index (χ0) is 16.6. The van der Waals surface area contributed by atoms with Crippen LogP contribution in [0.25, 0.3) is 0 Å². The van der Waals surface area contributed by atoms with Gasteiger partial charge in [0, 0.05) is 43.5 Å². The van der Waals surface area contributed by atoms with Gasteiger partial charge in [0.05, 0.1) is 13.2 Å². The van der Waals surface area contributed by atoms with E-state index in [1.54, 1.807) is 6.92 Å². The highest BCUT2D eigenvalue weighted by molar-refractivity contribution is 5.94. The number of hydrogen-bond donors (Lipinski definition) is 1. The maximum Gasteiger partial charge on any atom is 0.224 e. The summed E-state index contributed by atoms with van der Waals surface area (Å²) in [6.45, 7) is 9.24. The van der Waals surface area contributed by atoms with E-state index in [4.69, 9.17) is 10.5 Å². The van der Waals surface area contributed by atoms with E-state index >= 15 is 0 Å². The van der Waals surface area contributed by atoms with Gasteiger partial charge in [-0.1, -0.05) is 13.8 Å². The van der Waals surface area contributed by atoms with E-state index in [2.05, 4.69) is 36.9 Å². The predicted molar refractivity (Wildman–Crippen MR) is 92.8 cm³/mol. The number of carbonyl (C=O) groups is 1. The number of morpholine rings is 1. The number of nitrogens with zero attached hydrogens (tertiary/aromatic N) is 2. The molecule has 126 valence electrons. The topological polar surface area (TPSA) is 58.8 Å². The van der Waals surface area contributed by atoms with Gasteiger partial charge in [0.25, 0.3) is 0 Å². The van der Waals surface area contributed by atoms with Gasteiger partial charge in [0.15, 0.2) is 0 Å². The number of amides is 1. The van der Waals surface area contributed by atoms with Crippen molar-refractivity contribution in [1.29, 1.82) is 0 Å². The minimum absolute atomic E-state index is 0.0356. The van der Waals surface area contributed by atoms with Gasteiger partial charge < -0.3 is 20.3 Å². The standard InChI is InChI=1S/C18H27N3O2/c1-4-16-12(2)18(19)15-11-14(20-7-9-23-10-8-20)5-6-17(15)21(16)13(3)22/h5-6,11-12,16,18H,4,7-10,19H2,1-3H3/t12-,16-,18+/m0/s1. The third-order valence-corrected chi connectivity index (χ3v) is 5.27. The van der Waals surface area contributed by atoms with Crippen molar-refractivity contribution in [2.24, 2.45) is 11.7 Å². The number of hydrogen-bond acceptors (Lipinski definition) is 4. The highest BCUT2D eigenvalue weighted by atomic mass is 16.5. The summed E-state index contributed by atoms with van der Waals surface area (Å²) in [6, 6.07) is 6.48. The average molecular weight is 317 g/mol. The molecule has 0 aliphatic carbocycles. The molecule has 1 aromatic rings. The van der Waals surface area contributed by atoms with Crippen molar-refractivity contribution in [3.63, 3.8) is 0 Å². The summed E-state index contributed by atoms with van der Waals surface area (Å²) < 4.78 is 5.43. The summed E-state index contributed by atoms with van der Waals surface area (Å²) in [5.74, 6) is 0.340. The molecule has 0 spiro atoms. The quantitative estimate of drug-likeness (QED) is 0.909. The first-order valence-electron chi connectivity index (χ1n) is 8.56. The maximum atomic E-state index is 12.2. The molecule has 3 atom stereocenters. The van der Waals surface area contributed by atoms with Gasteiger partial charge in [-0.25, -0.2) is 0 Å². The number of rotatable bonds is 2. The van der Waals surface area contributed by atoms with Crippen LogP contribution in [0.1, 0.15) is 38.8 Å². The Morgan fingerprint density at radius 1 is 1.35 bits per heavy atom. The minimum Gasteiger partial charge on any atom is -0.378 e. The highest BCUT2D eigenvalue weighted by Gasteiger charge is 2.38. The second-order valence-electron chi connectivity index (χ2n) is 6.59. The van der Waals surface area contributed by atoms with E-state index in [1.165, 1.54) is 5.69 Å². The molecule has 5 nitrogen and oxygen atoms in total. The summed E-state index contributed by atoms with van der Waals surface area (Å²) in [5, 5.41) is 0. The van der Waals surface area contributed by atoms with Crippen LogP contribution in [-0.2, 0) is 9.53 Å². The van der Waals surface area contributed by atoms with Crippen molar-refractivity contribution >= 4 is 17.3 Å². The van der Waals surface area contributed by atoms with Gasteiger partial charge in [-0.05, 0) is 36.1 Å². The van der Waals surface area contributed by atoms with Crippen LogP contribution in [0.2, 0.25) is 0 Å². The molecule has 1 saturated heterocycles. The highest BCUT2D eigenvalue weighted by Crippen LogP contribution is 2.42. The van der Waals surface area contributed by atoms with Gasteiger partial charge in [0.2, 0.25) is 5.91 Å². The van der Waals surface area contributed by atoms with Crippen LogP contribution in [0.4, 0.5) is 11.4 Å². The first-order chi connectivity index (χ1) is 11.0. The molecule has 0 saturated carbocycles. The van der Waals surface area contributed by atoms with Crippen LogP contribution in [0.5, 0.6) is 0 Å². The number of nitrogens with two attached hydrogens (primary N) is 1.